The van der Waals surface area contributed by atoms with Gasteiger partial charge in [0, 0.05) is 66.7 Å². The molecular weight excluding hydrogens is 695 g/mol. The minimum atomic E-state index is -4.40. The second kappa shape index (κ2) is 16.9. The summed E-state index contributed by atoms with van der Waals surface area (Å²) in [5.74, 6) is -0.158. The number of rotatable bonds is 14. The fourth-order valence-corrected chi connectivity index (χ4v) is 8.23. The molecule has 0 saturated carbocycles. The molecule has 1 aliphatic rings. The van der Waals surface area contributed by atoms with E-state index < -0.39 is 20.9 Å². The highest BCUT2D eigenvalue weighted by Gasteiger charge is 2.25. The summed E-state index contributed by atoms with van der Waals surface area (Å²) in [5, 5.41) is 15.2. The highest BCUT2D eigenvalue weighted by Crippen LogP contribution is 2.30. The quantitative estimate of drug-likeness (QED) is 0.0671. The van der Waals surface area contributed by atoms with Gasteiger partial charge in [-0.05, 0) is 71.6 Å². The second-order valence-corrected chi connectivity index (χ2v) is 15.4. The number of thioether (sulfide) groups is 1. The molecular formula is C40H41N5O5S2. The Morgan fingerprint density at radius 2 is 1.50 bits per heavy atom. The van der Waals surface area contributed by atoms with Crippen molar-refractivity contribution in [2.24, 2.45) is 0 Å². The molecule has 268 valence electrons. The van der Waals surface area contributed by atoms with Gasteiger partial charge < -0.3 is 10.2 Å². The number of piperazine rings is 1. The summed E-state index contributed by atoms with van der Waals surface area (Å²) in [6.07, 6.45) is 0.701. The largest absolute Gasteiger partial charge is 0.376 e. The van der Waals surface area contributed by atoms with Crippen molar-refractivity contribution in [3.05, 3.63) is 149 Å². The van der Waals surface area contributed by atoms with Crippen LogP contribution in [0.25, 0.3) is 11.1 Å². The molecule has 1 fully saturated rings. The van der Waals surface area contributed by atoms with Gasteiger partial charge in [-0.2, -0.15) is 0 Å². The molecule has 0 aromatic heterocycles. The number of nitro groups is 1. The molecule has 0 spiro atoms. The molecule has 1 heterocycles. The maximum Gasteiger partial charge on any atom is 0.293 e. The molecule has 10 nitrogen and oxygen atoms in total. The van der Waals surface area contributed by atoms with E-state index in [-0.39, 0.29) is 27.9 Å². The number of amides is 1. The summed E-state index contributed by atoms with van der Waals surface area (Å²) in [5.41, 5.74) is 4.66. The summed E-state index contributed by atoms with van der Waals surface area (Å²) < 4.78 is 28.5. The topological polar surface area (TPSA) is 125 Å². The van der Waals surface area contributed by atoms with E-state index >= 15 is 0 Å². The normalized spacial score (nSPS) is 14.1. The van der Waals surface area contributed by atoms with Crippen molar-refractivity contribution in [2.75, 3.05) is 42.1 Å². The fraction of sp³-hybridized carbons (Fsp3) is 0.225. The number of nitro benzene ring substituents is 1. The van der Waals surface area contributed by atoms with Gasteiger partial charge in [-0.25, -0.2) is 13.1 Å². The lowest BCUT2D eigenvalue weighted by Crippen LogP contribution is -2.46. The number of hydrogen-bond donors (Lipinski definition) is 2. The van der Waals surface area contributed by atoms with E-state index in [9.17, 15) is 23.3 Å². The van der Waals surface area contributed by atoms with Gasteiger partial charge in [0.05, 0.1) is 9.82 Å². The lowest BCUT2D eigenvalue weighted by molar-refractivity contribution is -0.384. The van der Waals surface area contributed by atoms with Gasteiger partial charge in [0.2, 0.25) is 0 Å². The van der Waals surface area contributed by atoms with Crippen LogP contribution >= 0.6 is 11.8 Å². The van der Waals surface area contributed by atoms with Gasteiger partial charge in [0.25, 0.3) is 21.6 Å². The van der Waals surface area contributed by atoms with Crippen LogP contribution in [0.4, 0.5) is 17.1 Å². The Labute approximate surface area is 309 Å². The third-order valence-corrected chi connectivity index (χ3v) is 11.6. The van der Waals surface area contributed by atoms with Crippen LogP contribution in [0, 0.1) is 10.1 Å². The average molecular weight is 736 g/mol. The van der Waals surface area contributed by atoms with Crippen LogP contribution in [-0.4, -0.2) is 62.1 Å². The number of nitrogens with one attached hydrogen (secondary N) is 2. The molecule has 0 unspecified atom stereocenters. The highest BCUT2D eigenvalue weighted by molar-refractivity contribution is 7.99. The minimum Gasteiger partial charge on any atom is -0.376 e. The van der Waals surface area contributed by atoms with E-state index in [1.165, 1.54) is 28.8 Å². The zero-order valence-electron chi connectivity index (χ0n) is 28.9. The van der Waals surface area contributed by atoms with E-state index in [0.29, 0.717) is 12.2 Å². The predicted molar refractivity (Wildman–Crippen MR) is 208 cm³/mol. The van der Waals surface area contributed by atoms with Crippen molar-refractivity contribution in [3.8, 4) is 11.1 Å². The molecule has 12 heteroatoms. The standard InChI is InChI=1S/C40H41N5O5S2/c1-2-33(29-51-35-14-7-4-8-15-35)41-38-22-21-36(27-39(38)45(47)48)52(49,50)42-40(46)31-17-19-34(20-18-31)44-25-23-43(24-26-44)28-32-13-9-10-16-37(32)30-11-5-3-6-12-30/h3-22,27,33,41H,2,23-26,28-29H2,1H3,(H,42,46)/t33-/m0/s1. The average Bonchev–Trinajstić information content (AvgIpc) is 3.17. The Bertz CT molecular complexity index is 2090. The zero-order chi connectivity index (χ0) is 36.5. The number of benzene rings is 5. The van der Waals surface area contributed by atoms with Gasteiger partial charge in [-0.1, -0.05) is 79.7 Å². The van der Waals surface area contributed by atoms with Gasteiger partial charge in [0.15, 0.2) is 0 Å². The van der Waals surface area contributed by atoms with Crippen LogP contribution in [0.1, 0.15) is 29.3 Å². The molecule has 5 aromatic carbocycles. The maximum absolute atomic E-state index is 13.2. The molecule has 1 atom stereocenters. The van der Waals surface area contributed by atoms with Crippen molar-refractivity contribution in [1.82, 2.24) is 9.62 Å². The second-order valence-electron chi connectivity index (χ2n) is 12.6. The molecule has 52 heavy (non-hydrogen) atoms. The van der Waals surface area contributed by atoms with Gasteiger partial charge in [0.1, 0.15) is 5.69 Å². The Kier molecular flexibility index (Phi) is 11.9. The zero-order valence-corrected chi connectivity index (χ0v) is 30.5. The summed E-state index contributed by atoms with van der Waals surface area (Å²) in [4.78, 5) is 29.8. The SMILES string of the molecule is CC[C@@H](CSc1ccccc1)Nc1ccc(S(=O)(=O)NC(=O)c2ccc(N3CCN(Cc4ccccc4-c4ccccc4)CC3)cc2)cc1[N+](=O)[O-]. The van der Waals surface area contributed by atoms with Crippen LogP contribution in [0.2, 0.25) is 0 Å². The smallest absolute Gasteiger partial charge is 0.293 e. The van der Waals surface area contributed by atoms with Crippen LogP contribution < -0.4 is 14.9 Å². The van der Waals surface area contributed by atoms with E-state index in [2.05, 4.69) is 68.4 Å². The molecule has 1 saturated heterocycles. The van der Waals surface area contributed by atoms with Crippen LogP contribution in [-0.2, 0) is 16.6 Å². The molecule has 1 amide bonds. The van der Waals surface area contributed by atoms with Crippen molar-refractivity contribution >= 4 is 44.8 Å². The third-order valence-electron chi connectivity index (χ3n) is 9.11. The van der Waals surface area contributed by atoms with Crippen LogP contribution in [0.15, 0.2) is 137 Å². The lowest BCUT2D eigenvalue weighted by atomic mass is 9.99. The monoisotopic (exact) mass is 735 g/mol. The Balaban J connectivity index is 1.05. The Morgan fingerprint density at radius 1 is 0.846 bits per heavy atom. The first kappa shape index (κ1) is 36.6. The molecule has 0 radical (unpaired) electrons. The number of sulfonamides is 1. The van der Waals surface area contributed by atoms with Crippen molar-refractivity contribution in [3.63, 3.8) is 0 Å². The van der Waals surface area contributed by atoms with E-state index in [4.69, 9.17) is 0 Å². The summed E-state index contributed by atoms with van der Waals surface area (Å²) in [6.45, 7) is 6.18. The van der Waals surface area contributed by atoms with E-state index in [1.807, 2.05) is 55.5 Å². The molecule has 0 bridgehead atoms. The van der Waals surface area contributed by atoms with Gasteiger partial charge in [-0.3, -0.25) is 19.8 Å². The molecule has 6 rings (SSSR count). The number of anilines is 2. The number of carbonyl (C=O) groups excluding carboxylic acids is 1. The first-order valence-electron chi connectivity index (χ1n) is 17.2. The minimum absolute atomic E-state index is 0.0969. The lowest BCUT2D eigenvalue weighted by Gasteiger charge is -2.36. The first-order valence-corrected chi connectivity index (χ1v) is 19.7. The van der Waals surface area contributed by atoms with Gasteiger partial charge in [-0.15, -0.1) is 11.8 Å². The van der Waals surface area contributed by atoms with E-state index in [1.54, 1.807) is 23.9 Å². The fourth-order valence-electron chi connectivity index (χ4n) is 6.17. The number of carbonyl (C=O) groups is 1. The predicted octanol–water partition coefficient (Wildman–Crippen LogP) is 7.69. The first-order chi connectivity index (χ1) is 25.2. The summed E-state index contributed by atoms with van der Waals surface area (Å²) in [7, 11) is -4.40. The molecule has 0 aliphatic carbocycles. The summed E-state index contributed by atoms with van der Waals surface area (Å²) >= 11 is 1.63. The Morgan fingerprint density at radius 3 is 2.17 bits per heavy atom. The van der Waals surface area contributed by atoms with Crippen LogP contribution in [0.5, 0.6) is 0 Å². The number of hydrogen-bond acceptors (Lipinski definition) is 9. The maximum atomic E-state index is 13.2. The third kappa shape index (κ3) is 9.19. The highest BCUT2D eigenvalue weighted by atomic mass is 32.2. The van der Waals surface area contributed by atoms with Crippen molar-refractivity contribution in [1.29, 1.82) is 0 Å². The van der Waals surface area contributed by atoms with Gasteiger partial charge >= 0.3 is 0 Å². The van der Waals surface area contributed by atoms with Crippen molar-refractivity contribution in [2.45, 2.75) is 35.7 Å². The molecule has 1 aliphatic heterocycles. The molecule has 5 aromatic rings. The molecule has 2 N–H and O–H groups in total. The summed E-state index contributed by atoms with van der Waals surface area (Å²) in [6, 6.07) is 39.1. The van der Waals surface area contributed by atoms with Crippen molar-refractivity contribution < 1.29 is 18.1 Å². The number of nitrogens with zero attached hydrogens (tertiary/aromatic N) is 3. The van der Waals surface area contributed by atoms with Crippen LogP contribution in [0.3, 0.4) is 0 Å². The van der Waals surface area contributed by atoms with E-state index in [0.717, 1.165) is 49.4 Å². The Hall–Kier alpha value is -5.17.